The highest BCUT2D eigenvalue weighted by Gasteiger charge is 2.24. The summed E-state index contributed by atoms with van der Waals surface area (Å²) in [4.78, 5) is 13.8. The molecule has 2 fully saturated rings. The summed E-state index contributed by atoms with van der Waals surface area (Å²) in [7, 11) is 1.44. The molecule has 34 heavy (non-hydrogen) atoms. The first kappa shape index (κ1) is 24.4. The van der Waals surface area contributed by atoms with Crippen LogP contribution < -0.4 is 31.7 Å². The molecule has 2 heterocycles. The van der Waals surface area contributed by atoms with Crippen molar-refractivity contribution in [3.8, 4) is 5.75 Å². The number of hydrogen-bond donors (Lipinski definition) is 5. The number of benzene rings is 1. The van der Waals surface area contributed by atoms with E-state index in [-0.39, 0.29) is 11.8 Å². The molecule has 2 aliphatic rings. The molecule has 0 amide bonds. The van der Waals surface area contributed by atoms with Crippen LogP contribution in [0, 0.1) is 11.7 Å². The molecule has 9 nitrogen and oxygen atoms in total. The minimum Gasteiger partial charge on any atom is -0.494 e. The Morgan fingerprint density at radius 3 is 2.56 bits per heavy atom. The fraction of sp³-hybridized carbons (Fsp3) is 0.625. The Bertz CT molecular complexity index is 931. The average Bonchev–Trinajstić information content (AvgIpc) is 3.37. The molecule has 0 spiro atoms. The number of nitrogens with zero attached hydrogens (tertiary/aromatic N) is 3. The van der Waals surface area contributed by atoms with Crippen LogP contribution in [0.4, 0.5) is 27.9 Å². The Labute approximate surface area is 200 Å². The summed E-state index contributed by atoms with van der Waals surface area (Å²) < 4.78 is 19.2. The zero-order valence-electron chi connectivity index (χ0n) is 20.1. The van der Waals surface area contributed by atoms with Crippen molar-refractivity contribution >= 4 is 23.5 Å². The van der Waals surface area contributed by atoms with Gasteiger partial charge >= 0.3 is 0 Å². The number of nitrogens with two attached hydrogens (primary N) is 1. The van der Waals surface area contributed by atoms with Crippen LogP contribution in [0.25, 0.3) is 0 Å². The van der Waals surface area contributed by atoms with Crippen molar-refractivity contribution in [1.82, 2.24) is 20.3 Å². The van der Waals surface area contributed by atoms with E-state index in [0.717, 1.165) is 51.6 Å². The molecule has 1 aromatic carbocycles. The Hall–Kier alpha value is -2.72. The molecule has 2 unspecified atom stereocenters. The van der Waals surface area contributed by atoms with E-state index in [4.69, 9.17) is 10.5 Å². The van der Waals surface area contributed by atoms with Crippen LogP contribution in [-0.2, 0) is 0 Å². The maximum atomic E-state index is 14.2. The van der Waals surface area contributed by atoms with Gasteiger partial charge in [0.2, 0.25) is 17.8 Å². The molecule has 1 saturated carbocycles. The summed E-state index contributed by atoms with van der Waals surface area (Å²) in [5.41, 5.74) is 6.58. The van der Waals surface area contributed by atoms with Crippen molar-refractivity contribution in [2.24, 2.45) is 11.7 Å². The molecule has 0 bridgehead atoms. The molecular weight excluding hydrogens is 435 g/mol. The molecule has 10 heteroatoms. The predicted octanol–water partition coefficient (Wildman–Crippen LogP) is 3.63. The summed E-state index contributed by atoms with van der Waals surface area (Å²) in [6.07, 6.45) is 7.56. The van der Waals surface area contributed by atoms with Crippen LogP contribution >= 0.6 is 0 Å². The number of aromatic nitrogens is 3. The number of halogens is 1. The van der Waals surface area contributed by atoms with Crippen molar-refractivity contribution in [1.29, 1.82) is 0 Å². The van der Waals surface area contributed by atoms with Gasteiger partial charge in [-0.25, -0.2) is 4.39 Å². The van der Waals surface area contributed by atoms with Gasteiger partial charge < -0.3 is 31.7 Å². The zero-order chi connectivity index (χ0) is 23.9. The number of ether oxygens (including phenoxy) is 1. The molecule has 186 valence electrons. The smallest absolute Gasteiger partial charge is 0.233 e. The molecule has 1 aliphatic heterocycles. The number of nitrogens with one attached hydrogen (secondary N) is 4. The largest absolute Gasteiger partial charge is 0.494 e. The quantitative estimate of drug-likeness (QED) is 0.353. The molecular formula is C24H37FN8O. The van der Waals surface area contributed by atoms with E-state index in [0.29, 0.717) is 41.5 Å². The Morgan fingerprint density at radius 2 is 1.88 bits per heavy atom. The monoisotopic (exact) mass is 472 g/mol. The molecule has 1 aliphatic carbocycles. The lowest BCUT2D eigenvalue weighted by atomic mass is 9.86. The lowest BCUT2D eigenvalue weighted by Crippen LogP contribution is -2.40. The zero-order valence-corrected chi connectivity index (χ0v) is 20.1. The highest BCUT2D eigenvalue weighted by atomic mass is 19.1. The Kier molecular flexibility index (Phi) is 8.34. The van der Waals surface area contributed by atoms with Gasteiger partial charge in [0, 0.05) is 36.4 Å². The van der Waals surface area contributed by atoms with Gasteiger partial charge in [-0.3, -0.25) is 0 Å². The highest BCUT2D eigenvalue weighted by Crippen LogP contribution is 2.25. The third-order valence-electron chi connectivity index (χ3n) is 6.82. The van der Waals surface area contributed by atoms with Gasteiger partial charge in [-0.05, 0) is 69.5 Å². The molecule has 2 atom stereocenters. The molecule has 4 rings (SSSR count). The minimum atomic E-state index is -0.452. The molecule has 2 aromatic rings. The normalized spacial score (nSPS) is 23.4. The second-order valence-corrected chi connectivity index (χ2v) is 9.30. The van der Waals surface area contributed by atoms with Crippen LogP contribution in [-0.4, -0.2) is 53.3 Å². The molecule has 0 radical (unpaired) electrons. The van der Waals surface area contributed by atoms with Gasteiger partial charge in [0.05, 0.1) is 7.11 Å². The number of methoxy groups -OCH3 is 1. The maximum absolute atomic E-state index is 14.2. The van der Waals surface area contributed by atoms with Crippen molar-refractivity contribution in [2.45, 2.75) is 70.0 Å². The lowest BCUT2D eigenvalue weighted by molar-refractivity contribution is 0.338. The second-order valence-electron chi connectivity index (χ2n) is 9.30. The SMILES string of the molecule is CCC(Nc1nc(NCC2CCC(N)CC2)nc(Nc2ccc(OC)c(F)c2)n1)C1CCCN1. The van der Waals surface area contributed by atoms with E-state index in [1.165, 1.54) is 19.6 Å². The van der Waals surface area contributed by atoms with E-state index < -0.39 is 5.82 Å². The van der Waals surface area contributed by atoms with E-state index in [2.05, 4.69) is 43.1 Å². The van der Waals surface area contributed by atoms with Gasteiger partial charge in [0.25, 0.3) is 0 Å². The van der Waals surface area contributed by atoms with Gasteiger partial charge in [-0.15, -0.1) is 0 Å². The third-order valence-corrected chi connectivity index (χ3v) is 6.82. The second kappa shape index (κ2) is 11.6. The fourth-order valence-electron chi connectivity index (χ4n) is 4.78. The van der Waals surface area contributed by atoms with E-state index in [9.17, 15) is 4.39 Å². The Morgan fingerprint density at radius 1 is 1.12 bits per heavy atom. The van der Waals surface area contributed by atoms with Crippen LogP contribution in [0.2, 0.25) is 0 Å². The van der Waals surface area contributed by atoms with Crippen LogP contribution in [0.5, 0.6) is 5.75 Å². The first-order valence-electron chi connectivity index (χ1n) is 12.4. The summed E-state index contributed by atoms with van der Waals surface area (Å²) in [6.45, 7) is 3.98. The van der Waals surface area contributed by atoms with E-state index in [1.54, 1.807) is 12.1 Å². The van der Waals surface area contributed by atoms with Crippen molar-refractivity contribution in [3.63, 3.8) is 0 Å². The van der Waals surface area contributed by atoms with Gasteiger partial charge in [0.15, 0.2) is 11.6 Å². The lowest BCUT2D eigenvalue weighted by Gasteiger charge is -2.26. The minimum absolute atomic E-state index is 0.188. The fourth-order valence-corrected chi connectivity index (χ4v) is 4.78. The van der Waals surface area contributed by atoms with Gasteiger partial charge in [-0.2, -0.15) is 15.0 Å². The average molecular weight is 473 g/mol. The highest BCUT2D eigenvalue weighted by molar-refractivity contribution is 5.57. The maximum Gasteiger partial charge on any atom is 0.233 e. The number of rotatable bonds is 10. The van der Waals surface area contributed by atoms with Crippen LogP contribution in [0.3, 0.4) is 0 Å². The standard InChI is InChI=1S/C24H37FN8O/c1-3-19(20-5-4-12-27-20)30-24-32-22(28-14-15-6-8-16(26)9-7-15)31-23(33-24)29-17-10-11-21(34-2)18(25)13-17/h10-11,13,15-16,19-20,27H,3-9,12,14,26H2,1-2H3,(H3,28,29,30,31,32,33). The third kappa shape index (κ3) is 6.44. The van der Waals surface area contributed by atoms with Crippen LogP contribution in [0.15, 0.2) is 18.2 Å². The van der Waals surface area contributed by atoms with Crippen LogP contribution in [0.1, 0.15) is 51.9 Å². The van der Waals surface area contributed by atoms with Crippen molar-refractivity contribution in [3.05, 3.63) is 24.0 Å². The first-order valence-corrected chi connectivity index (χ1v) is 12.4. The summed E-state index contributed by atoms with van der Waals surface area (Å²) in [5.74, 6) is 1.63. The summed E-state index contributed by atoms with van der Waals surface area (Å²) >= 11 is 0. The first-order chi connectivity index (χ1) is 16.5. The summed E-state index contributed by atoms with van der Waals surface area (Å²) in [5, 5.41) is 13.6. The number of anilines is 4. The van der Waals surface area contributed by atoms with Crippen molar-refractivity contribution in [2.75, 3.05) is 36.1 Å². The summed E-state index contributed by atoms with van der Waals surface area (Å²) in [6, 6.07) is 5.59. The topological polar surface area (TPSA) is 122 Å². The number of hydrogen-bond acceptors (Lipinski definition) is 9. The van der Waals surface area contributed by atoms with E-state index >= 15 is 0 Å². The van der Waals surface area contributed by atoms with Gasteiger partial charge in [0.1, 0.15) is 0 Å². The molecule has 1 aromatic heterocycles. The molecule has 6 N–H and O–H groups in total. The predicted molar refractivity (Wildman–Crippen MR) is 133 cm³/mol. The van der Waals surface area contributed by atoms with Gasteiger partial charge in [-0.1, -0.05) is 6.92 Å². The molecule has 1 saturated heterocycles. The van der Waals surface area contributed by atoms with Crippen molar-refractivity contribution < 1.29 is 9.13 Å². The Balaban J connectivity index is 1.51. The van der Waals surface area contributed by atoms with E-state index in [1.807, 2.05) is 0 Å².